The lowest BCUT2D eigenvalue weighted by Crippen LogP contribution is -1.98. The van der Waals surface area contributed by atoms with Gasteiger partial charge in [-0.05, 0) is 24.6 Å². The maximum atomic E-state index is 13.5. The molecule has 2 heterocycles. The summed E-state index contributed by atoms with van der Waals surface area (Å²) in [6, 6.07) is 5.74. The van der Waals surface area contributed by atoms with Gasteiger partial charge in [0.2, 0.25) is 11.9 Å². The number of aromatic nitrogens is 2. The normalized spacial score (nSPS) is 10.5. The second-order valence-electron chi connectivity index (χ2n) is 4.05. The smallest absolute Gasteiger partial charge is 0.224 e. The molecule has 5 heteroatoms. The highest BCUT2D eigenvalue weighted by atomic mass is 19.1. The number of ether oxygens (including phenoxy) is 1. The van der Waals surface area contributed by atoms with E-state index in [4.69, 9.17) is 4.74 Å². The van der Waals surface area contributed by atoms with Crippen LogP contribution in [0.1, 0.15) is 19.8 Å². The molecular weight excluding hydrogens is 250 g/mol. The largest absolute Gasteiger partial charge is 0.493 e. The molecule has 0 unspecified atom stereocenters. The van der Waals surface area contributed by atoms with Crippen molar-refractivity contribution in [3.05, 3.63) is 42.4 Å². The number of rotatable bonds is 5. The van der Waals surface area contributed by atoms with Crippen LogP contribution in [-0.4, -0.2) is 16.6 Å². The number of unbranched alkanes of at least 4 members (excludes halogenated alkanes) is 1. The van der Waals surface area contributed by atoms with E-state index in [1.165, 1.54) is 12.3 Å². The minimum absolute atomic E-state index is 0.155. The highest BCUT2D eigenvalue weighted by molar-refractivity contribution is 5.59. The van der Waals surface area contributed by atoms with Crippen molar-refractivity contribution in [1.82, 2.24) is 9.97 Å². The quantitative estimate of drug-likeness (QED) is 0.611. The van der Waals surface area contributed by atoms with Gasteiger partial charge >= 0.3 is 0 Å². The number of hydrogen-bond acceptors (Lipinski definition) is 3. The molecule has 0 amide bonds. The molecular formula is C14H14F2N2O. The van der Waals surface area contributed by atoms with E-state index in [-0.39, 0.29) is 5.56 Å². The maximum Gasteiger partial charge on any atom is 0.224 e. The molecule has 3 nitrogen and oxygen atoms in total. The number of hydrogen-bond donors (Lipinski definition) is 0. The van der Waals surface area contributed by atoms with Gasteiger partial charge in [-0.3, -0.25) is 4.98 Å². The second-order valence-corrected chi connectivity index (χ2v) is 4.05. The van der Waals surface area contributed by atoms with Crippen LogP contribution in [0.4, 0.5) is 8.78 Å². The van der Waals surface area contributed by atoms with Crippen molar-refractivity contribution in [2.24, 2.45) is 0 Å². The lowest BCUT2D eigenvalue weighted by Gasteiger charge is -2.07. The zero-order valence-corrected chi connectivity index (χ0v) is 10.6. The molecule has 0 fully saturated rings. The summed E-state index contributed by atoms with van der Waals surface area (Å²) in [7, 11) is 0. The highest BCUT2D eigenvalue weighted by Gasteiger charge is 2.09. The zero-order chi connectivity index (χ0) is 13.7. The molecule has 0 aliphatic carbocycles. The molecule has 0 aliphatic rings. The summed E-state index contributed by atoms with van der Waals surface area (Å²) < 4.78 is 31.8. The van der Waals surface area contributed by atoms with Crippen molar-refractivity contribution in [2.45, 2.75) is 19.8 Å². The first-order valence-corrected chi connectivity index (χ1v) is 6.12. The van der Waals surface area contributed by atoms with E-state index in [9.17, 15) is 8.78 Å². The Labute approximate surface area is 110 Å². The Morgan fingerprint density at radius 1 is 1.21 bits per heavy atom. The van der Waals surface area contributed by atoms with Gasteiger partial charge in [-0.25, -0.2) is 0 Å². The maximum absolute atomic E-state index is 13.5. The first-order chi connectivity index (χ1) is 9.20. The summed E-state index contributed by atoms with van der Waals surface area (Å²) in [6.45, 7) is 2.67. The van der Waals surface area contributed by atoms with E-state index in [2.05, 4.69) is 16.9 Å². The summed E-state index contributed by atoms with van der Waals surface area (Å²) in [5, 5.41) is 0. The van der Waals surface area contributed by atoms with Crippen LogP contribution in [0.25, 0.3) is 11.3 Å². The van der Waals surface area contributed by atoms with Gasteiger partial charge in [0.1, 0.15) is 5.75 Å². The van der Waals surface area contributed by atoms with Gasteiger partial charge in [0, 0.05) is 12.3 Å². The van der Waals surface area contributed by atoms with Crippen molar-refractivity contribution in [2.75, 3.05) is 6.61 Å². The van der Waals surface area contributed by atoms with Gasteiger partial charge in [0.15, 0.2) is 0 Å². The third-order valence-corrected chi connectivity index (χ3v) is 2.59. The van der Waals surface area contributed by atoms with Crippen LogP contribution in [0.2, 0.25) is 0 Å². The van der Waals surface area contributed by atoms with Crippen LogP contribution in [0.5, 0.6) is 5.75 Å². The van der Waals surface area contributed by atoms with E-state index in [1.807, 2.05) is 0 Å². The Bertz CT molecular complexity index is 561. The molecule has 19 heavy (non-hydrogen) atoms. The van der Waals surface area contributed by atoms with Crippen LogP contribution < -0.4 is 4.74 Å². The summed E-state index contributed by atoms with van der Waals surface area (Å²) in [5.74, 6) is -1.11. The average molecular weight is 264 g/mol. The number of pyridine rings is 2. The Hall–Kier alpha value is -2.04. The van der Waals surface area contributed by atoms with Crippen molar-refractivity contribution < 1.29 is 13.5 Å². The van der Waals surface area contributed by atoms with Gasteiger partial charge in [-0.1, -0.05) is 13.3 Å². The average Bonchev–Trinajstić information content (AvgIpc) is 2.39. The Morgan fingerprint density at radius 2 is 2.05 bits per heavy atom. The Balaban J connectivity index is 2.22. The highest BCUT2D eigenvalue weighted by Crippen LogP contribution is 2.23. The van der Waals surface area contributed by atoms with Crippen LogP contribution in [0.3, 0.4) is 0 Å². The molecule has 0 saturated heterocycles. The van der Waals surface area contributed by atoms with E-state index >= 15 is 0 Å². The molecule has 2 aromatic rings. The predicted octanol–water partition coefficient (Wildman–Crippen LogP) is 3.60. The lowest BCUT2D eigenvalue weighted by atomic mass is 10.2. The fraction of sp³-hybridized carbons (Fsp3) is 0.286. The van der Waals surface area contributed by atoms with Crippen molar-refractivity contribution >= 4 is 0 Å². The topological polar surface area (TPSA) is 35.0 Å². The summed E-state index contributed by atoms with van der Waals surface area (Å²) in [6.07, 6.45) is 3.51. The standard InChI is InChI=1S/C14H14F2N2O/c1-2-3-8-19-10-6-7-17-12(9-10)11-4-5-13(15)18-14(11)16/h4-7,9H,2-3,8H2,1H3. The molecule has 0 spiro atoms. The van der Waals surface area contributed by atoms with E-state index in [0.29, 0.717) is 18.1 Å². The molecule has 2 rings (SSSR count). The van der Waals surface area contributed by atoms with Gasteiger partial charge in [0.25, 0.3) is 0 Å². The molecule has 0 N–H and O–H groups in total. The van der Waals surface area contributed by atoms with Gasteiger partial charge in [-0.2, -0.15) is 13.8 Å². The number of nitrogens with zero attached hydrogens (tertiary/aromatic N) is 2. The monoisotopic (exact) mass is 264 g/mol. The van der Waals surface area contributed by atoms with Gasteiger partial charge in [0.05, 0.1) is 17.9 Å². The SMILES string of the molecule is CCCCOc1ccnc(-c2ccc(F)nc2F)c1. The van der Waals surface area contributed by atoms with Crippen molar-refractivity contribution in [3.63, 3.8) is 0 Å². The minimum Gasteiger partial charge on any atom is -0.493 e. The summed E-state index contributed by atoms with van der Waals surface area (Å²) >= 11 is 0. The predicted molar refractivity (Wildman–Crippen MR) is 67.8 cm³/mol. The fourth-order valence-corrected chi connectivity index (χ4v) is 1.59. The van der Waals surface area contributed by atoms with Gasteiger partial charge < -0.3 is 4.74 Å². The van der Waals surface area contributed by atoms with E-state index < -0.39 is 11.9 Å². The molecule has 0 bridgehead atoms. The fourth-order valence-electron chi connectivity index (χ4n) is 1.59. The third-order valence-electron chi connectivity index (χ3n) is 2.59. The van der Waals surface area contributed by atoms with Crippen LogP contribution in [0.15, 0.2) is 30.5 Å². The molecule has 2 aromatic heterocycles. The molecule has 0 radical (unpaired) electrons. The lowest BCUT2D eigenvalue weighted by molar-refractivity contribution is 0.309. The first-order valence-electron chi connectivity index (χ1n) is 6.12. The molecule has 0 saturated carbocycles. The van der Waals surface area contributed by atoms with Crippen LogP contribution in [-0.2, 0) is 0 Å². The summed E-state index contributed by atoms with van der Waals surface area (Å²) in [5.41, 5.74) is 0.529. The van der Waals surface area contributed by atoms with E-state index in [0.717, 1.165) is 18.9 Å². The molecule has 0 aliphatic heterocycles. The minimum atomic E-state index is -0.877. The number of halogens is 2. The third kappa shape index (κ3) is 3.47. The zero-order valence-electron chi connectivity index (χ0n) is 10.6. The first kappa shape index (κ1) is 13.4. The molecule has 0 aromatic carbocycles. The van der Waals surface area contributed by atoms with Crippen LogP contribution >= 0.6 is 0 Å². The summed E-state index contributed by atoms with van der Waals surface area (Å²) in [4.78, 5) is 7.19. The van der Waals surface area contributed by atoms with E-state index in [1.54, 1.807) is 12.1 Å². The molecule has 100 valence electrons. The Kier molecular flexibility index (Phi) is 4.39. The second kappa shape index (κ2) is 6.22. The van der Waals surface area contributed by atoms with Gasteiger partial charge in [-0.15, -0.1) is 0 Å². The van der Waals surface area contributed by atoms with Crippen molar-refractivity contribution in [1.29, 1.82) is 0 Å². The van der Waals surface area contributed by atoms with Crippen molar-refractivity contribution in [3.8, 4) is 17.0 Å². The van der Waals surface area contributed by atoms with Crippen LogP contribution in [0, 0.1) is 11.9 Å². The Morgan fingerprint density at radius 3 is 2.79 bits per heavy atom. The molecule has 0 atom stereocenters.